The maximum absolute atomic E-state index is 4.70. The number of tetrazole rings is 1. The lowest BCUT2D eigenvalue weighted by Crippen LogP contribution is -2.09. The second kappa shape index (κ2) is 3.65. The molecule has 0 radical (unpaired) electrons. The van der Waals surface area contributed by atoms with Crippen LogP contribution in [0.15, 0.2) is 24.3 Å². The lowest BCUT2D eigenvalue weighted by atomic mass is 10.2. The molecule has 2 saturated carbocycles. The molecular formula is C14H14N6. The van der Waals surface area contributed by atoms with E-state index < -0.39 is 0 Å². The Labute approximate surface area is 115 Å². The molecule has 1 aromatic carbocycles. The summed E-state index contributed by atoms with van der Waals surface area (Å²) < 4.78 is 1.76. The van der Waals surface area contributed by atoms with Gasteiger partial charge in [0, 0.05) is 6.04 Å². The number of para-hydroxylation sites is 2. The number of hydrogen-bond donors (Lipinski definition) is 1. The predicted octanol–water partition coefficient (Wildman–Crippen LogP) is 1.88. The van der Waals surface area contributed by atoms with Crippen LogP contribution in [-0.4, -0.2) is 31.1 Å². The molecule has 6 heteroatoms. The van der Waals surface area contributed by atoms with E-state index in [1.807, 2.05) is 24.3 Å². The van der Waals surface area contributed by atoms with Crippen LogP contribution in [0, 0.1) is 11.8 Å². The van der Waals surface area contributed by atoms with Gasteiger partial charge in [-0.15, -0.1) is 5.10 Å². The van der Waals surface area contributed by atoms with Crippen molar-refractivity contribution in [2.24, 2.45) is 11.8 Å². The van der Waals surface area contributed by atoms with Crippen LogP contribution in [-0.2, 0) is 0 Å². The second-order valence-corrected chi connectivity index (χ2v) is 5.85. The number of anilines is 1. The average molecular weight is 266 g/mol. The van der Waals surface area contributed by atoms with Crippen molar-refractivity contribution >= 4 is 22.5 Å². The van der Waals surface area contributed by atoms with E-state index in [0.29, 0.717) is 11.7 Å². The van der Waals surface area contributed by atoms with Crippen molar-refractivity contribution in [3.8, 4) is 0 Å². The van der Waals surface area contributed by atoms with Crippen molar-refractivity contribution in [3.63, 3.8) is 0 Å². The lowest BCUT2D eigenvalue weighted by Gasteiger charge is -2.07. The zero-order valence-electron chi connectivity index (χ0n) is 10.9. The SMILES string of the molecule is c1ccc2c(c1)nc(N[C@@H]1C[C@H]1C1CC1)c1nnnn12. The van der Waals surface area contributed by atoms with Crippen LogP contribution < -0.4 is 5.32 Å². The summed E-state index contributed by atoms with van der Waals surface area (Å²) >= 11 is 0. The minimum absolute atomic E-state index is 0.552. The van der Waals surface area contributed by atoms with Crippen LogP contribution >= 0.6 is 0 Å². The monoisotopic (exact) mass is 266 g/mol. The molecule has 100 valence electrons. The molecule has 0 unspecified atom stereocenters. The highest BCUT2D eigenvalue weighted by Gasteiger charge is 2.47. The molecular weight excluding hydrogens is 252 g/mol. The van der Waals surface area contributed by atoms with Gasteiger partial charge in [-0.25, -0.2) is 4.98 Å². The molecule has 3 aromatic rings. The van der Waals surface area contributed by atoms with E-state index in [2.05, 4.69) is 20.8 Å². The van der Waals surface area contributed by atoms with Gasteiger partial charge in [0.25, 0.3) is 0 Å². The largest absolute Gasteiger partial charge is 0.364 e. The van der Waals surface area contributed by atoms with Crippen LogP contribution in [0.25, 0.3) is 16.7 Å². The van der Waals surface area contributed by atoms with Crippen molar-refractivity contribution in [3.05, 3.63) is 24.3 Å². The van der Waals surface area contributed by atoms with Crippen molar-refractivity contribution in [2.75, 3.05) is 5.32 Å². The Morgan fingerprint density at radius 2 is 2.10 bits per heavy atom. The molecule has 0 amide bonds. The summed E-state index contributed by atoms with van der Waals surface area (Å²) in [5, 5.41) is 15.5. The first-order valence-corrected chi connectivity index (χ1v) is 7.13. The normalized spacial score (nSPS) is 25.2. The van der Waals surface area contributed by atoms with Crippen molar-refractivity contribution in [2.45, 2.75) is 25.3 Å². The van der Waals surface area contributed by atoms with Crippen molar-refractivity contribution in [1.29, 1.82) is 0 Å². The molecule has 0 aliphatic heterocycles. The zero-order chi connectivity index (χ0) is 13.1. The molecule has 0 bridgehead atoms. The molecule has 0 saturated heterocycles. The standard InChI is InChI=1S/C14H14N6/c1-2-4-12-10(3-1)15-13(14-17-18-19-20(12)14)16-11-7-9(11)8-5-6-8/h1-4,8-9,11H,5-7H2,(H,15,16)/t9-,11+/m0/s1. The second-order valence-electron chi connectivity index (χ2n) is 5.85. The highest BCUT2D eigenvalue weighted by molar-refractivity contribution is 5.82. The summed E-state index contributed by atoms with van der Waals surface area (Å²) in [7, 11) is 0. The van der Waals surface area contributed by atoms with Gasteiger partial charge in [-0.05, 0) is 53.7 Å². The molecule has 2 aromatic heterocycles. The van der Waals surface area contributed by atoms with Crippen LogP contribution in [0.1, 0.15) is 19.3 Å². The van der Waals surface area contributed by atoms with Gasteiger partial charge in [-0.1, -0.05) is 12.1 Å². The average Bonchev–Trinajstić information content (AvgIpc) is 3.37. The lowest BCUT2D eigenvalue weighted by molar-refractivity contribution is 0.697. The smallest absolute Gasteiger partial charge is 0.222 e. The number of hydrogen-bond acceptors (Lipinski definition) is 5. The van der Waals surface area contributed by atoms with Gasteiger partial charge in [0.05, 0.1) is 11.0 Å². The number of fused-ring (bicyclic) bond motifs is 3. The highest BCUT2D eigenvalue weighted by Crippen LogP contribution is 2.51. The number of aromatic nitrogens is 5. The van der Waals surface area contributed by atoms with Crippen molar-refractivity contribution < 1.29 is 0 Å². The van der Waals surface area contributed by atoms with E-state index in [-0.39, 0.29) is 0 Å². The summed E-state index contributed by atoms with van der Waals surface area (Å²) in [5.41, 5.74) is 2.57. The van der Waals surface area contributed by atoms with E-state index in [1.165, 1.54) is 19.3 Å². The topological polar surface area (TPSA) is 68.0 Å². The zero-order valence-corrected chi connectivity index (χ0v) is 10.9. The summed E-state index contributed by atoms with van der Waals surface area (Å²) in [6.45, 7) is 0. The van der Waals surface area contributed by atoms with Gasteiger partial charge in [-0.3, -0.25) is 0 Å². The van der Waals surface area contributed by atoms with Gasteiger partial charge < -0.3 is 5.32 Å². The first-order chi connectivity index (χ1) is 9.90. The molecule has 20 heavy (non-hydrogen) atoms. The summed E-state index contributed by atoms with van der Waals surface area (Å²) in [6.07, 6.45) is 4.05. The third-order valence-corrected chi connectivity index (χ3v) is 4.41. The molecule has 2 aliphatic rings. The minimum atomic E-state index is 0.552. The first-order valence-electron chi connectivity index (χ1n) is 7.13. The molecule has 0 spiro atoms. The van der Waals surface area contributed by atoms with Gasteiger partial charge in [0.2, 0.25) is 5.65 Å². The highest BCUT2D eigenvalue weighted by atomic mass is 15.5. The first kappa shape index (κ1) is 10.5. The van der Waals surface area contributed by atoms with E-state index in [1.54, 1.807) is 4.52 Å². The summed E-state index contributed by atoms with van der Waals surface area (Å²) in [6, 6.07) is 8.49. The Hall–Kier alpha value is -2.24. The Morgan fingerprint density at radius 1 is 1.20 bits per heavy atom. The van der Waals surface area contributed by atoms with E-state index >= 15 is 0 Å². The van der Waals surface area contributed by atoms with Gasteiger partial charge in [0.15, 0.2) is 5.82 Å². The quantitative estimate of drug-likeness (QED) is 0.784. The van der Waals surface area contributed by atoms with Crippen molar-refractivity contribution in [1.82, 2.24) is 25.0 Å². The molecule has 6 nitrogen and oxygen atoms in total. The van der Waals surface area contributed by atoms with E-state index in [9.17, 15) is 0 Å². The summed E-state index contributed by atoms with van der Waals surface area (Å²) in [4.78, 5) is 4.70. The van der Waals surface area contributed by atoms with E-state index in [4.69, 9.17) is 4.98 Å². The molecule has 5 rings (SSSR count). The third-order valence-electron chi connectivity index (χ3n) is 4.41. The van der Waals surface area contributed by atoms with Crippen LogP contribution in [0.4, 0.5) is 5.82 Å². The molecule has 2 fully saturated rings. The van der Waals surface area contributed by atoms with Gasteiger partial charge in [-0.2, -0.15) is 4.52 Å². The molecule has 2 heterocycles. The number of rotatable bonds is 3. The summed E-state index contributed by atoms with van der Waals surface area (Å²) in [5.74, 6) is 2.58. The molecule has 1 N–H and O–H groups in total. The number of nitrogens with one attached hydrogen (secondary N) is 1. The predicted molar refractivity (Wildman–Crippen MR) is 74.3 cm³/mol. The van der Waals surface area contributed by atoms with Crippen LogP contribution in [0.5, 0.6) is 0 Å². The third kappa shape index (κ3) is 1.51. The van der Waals surface area contributed by atoms with Gasteiger partial charge >= 0.3 is 0 Å². The fourth-order valence-electron chi connectivity index (χ4n) is 3.10. The minimum Gasteiger partial charge on any atom is -0.364 e. The maximum Gasteiger partial charge on any atom is 0.222 e. The molecule has 2 aliphatic carbocycles. The Balaban J connectivity index is 1.60. The number of benzene rings is 1. The number of nitrogens with zero attached hydrogens (tertiary/aromatic N) is 5. The Bertz CT molecular complexity index is 806. The van der Waals surface area contributed by atoms with Gasteiger partial charge in [0.1, 0.15) is 0 Å². The Kier molecular flexibility index (Phi) is 1.92. The van der Waals surface area contributed by atoms with Crippen LogP contribution in [0.3, 0.4) is 0 Å². The van der Waals surface area contributed by atoms with E-state index in [0.717, 1.165) is 28.7 Å². The Morgan fingerprint density at radius 3 is 3.00 bits per heavy atom. The maximum atomic E-state index is 4.70. The van der Waals surface area contributed by atoms with Crippen LogP contribution in [0.2, 0.25) is 0 Å². The molecule has 2 atom stereocenters. The fraction of sp³-hybridized carbons (Fsp3) is 0.429. The fourth-order valence-corrected chi connectivity index (χ4v) is 3.10.